The summed E-state index contributed by atoms with van der Waals surface area (Å²) in [4.78, 5) is 16.5. The van der Waals surface area contributed by atoms with E-state index in [0.29, 0.717) is 23.8 Å². The van der Waals surface area contributed by atoms with Crippen LogP contribution in [0.25, 0.3) is 10.9 Å². The Morgan fingerprint density at radius 3 is 2.61 bits per heavy atom. The number of pyridine rings is 1. The van der Waals surface area contributed by atoms with Gasteiger partial charge in [0.05, 0.1) is 12.5 Å². The standard InChI is InChI=1S/C12H13ClFN5O.C7H12FN.C2H6/c1-20-12-17-9-7(6-16-10(13)8(9)14)11(18-12)19-4-2-15-3-5-19;8-6-4-7-2-1-3-9(7)5-6;1-2/h6,15H,2-5H2,1H3;6-7H,1-5H2;1-2H3. The number of nitrogens with one attached hydrogen (secondary N) is 1. The Balaban J connectivity index is 0.000000205. The molecule has 0 bridgehead atoms. The third-order valence-electron chi connectivity index (χ3n) is 5.66. The highest BCUT2D eigenvalue weighted by atomic mass is 35.5. The van der Waals surface area contributed by atoms with Gasteiger partial charge in [0.15, 0.2) is 11.0 Å². The second-order valence-corrected chi connectivity index (χ2v) is 7.88. The van der Waals surface area contributed by atoms with Crippen molar-refractivity contribution in [2.75, 3.05) is 51.3 Å². The van der Waals surface area contributed by atoms with Crippen LogP contribution in [0.2, 0.25) is 5.15 Å². The largest absolute Gasteiger partial charge is 0.467 e. The molecule has 0 saturated carbocycles. The van der Waals surface area contributed by atoms with Gasteiger partial charge in [-0.1, -0.05) is 25.4 Å². The van der Waals surface area contributed by atoms with Crippen LogP contribution in [0.4, 0.5) is 14.6 Å². The quantitative estimate of drug-likeness (QED) is 0.694. The molecule has 2 atom stereocenters. The Kier molecular flexibility index (Phi) is 8.57. The summed E-state index contributed by atoms with van der Waals surface area (Å²) in [5.74, 6) is -0.0299. The molecule has 0 radical (unpaired) electrons. The Morgan fingerprint density at radius 2 is 1.94 bits per heavy atom. The summed E-state index contributed by atoms with van der Waals surface area (Å²) in [5, 5.41) is 3.59. The SMILES string of the molecule is CC.COc1nc(N2CCNCC2)c2cnc(Cl)c(F)c2n1.FC1CC2CCCN2C1. The molecule has 0 aromatic carbocycles. The number of alkyl halides is 1. The fourth-order valence-corrected chi connectivity index (χ4v) is 4.37. The molecule has 3 aliphatic heterocycles. The summed E-state index contributed by atoms with van der Waals surface area (Å²) in [6.45, 7) is 9.10. The van der Waals surface area contributed by atoms with E-state index in [2.05, 4.69) is 30.1 Å². The third-order valence-corrected chi connectivity index (χ3v) is 5.92. The topological polar surface area (TPSA) is 66.4 Å². The average Bonchev–Trinajstić information content (AvgIpc) is 3.39. The van der Waals surface area contributed by atoms with Gasteiger partial charge >= 0.3 is 6.01 Å². The molecule has 31 heavy (non-hydrogen) atoms. The Bertz CT molecular complexity index is 855. The summed E-state index contributed by atoms with van der Waals surface area (Å²) in [6, 6.07) is 0.729. The fraction of sp³-hybridized carbons (Fsp3) is 0.667. The normalized spacial score (nSPS) is 23.0. The molecule has 5 rings (SSSR count). The number of halogens is 3. The number of hydrogen-bond donors (Lipinski definition) is 1. The van der Waals surface area contributed by atoms with E-state index in [1.807, 2.05) is 13.8 Å². The summed E-state index contributed by atoms with van der Waals surface area (Å²) < 4.78 is 31.7. The molecule has 10 heteroatoms. The predicted octanol–water partition coefficient (Wildman–Crippen LogP) is 3.45. The number of rotatable bonds is 2. The number of aromatic nitrogens is 3. The molecule has 0 spiro atoms. The number of fused-ring (bicyclic) bond motifs is 2. The van der Waals surface area contributed by atoms with Gasteiger partial charge in [-0.15, -0.1) is 0 Å². The Hall–Kier alpha value is -1.84. The lowest BCUT2D eigenvalue weighted by molar-refractivity contribution is 0.292. The monoisotopic (exact) mass is 456 g/mol. The smallest absolute Gasteiger partial charge is 0.318 e. The first kappa shape index (κ1) is 23.8. The molecule has 3 fully saturated rings. The lowest BCUT2D eigenvalue weighted by Crippen LogP contribution is -2.44. The van der Waals surface area contributed by atoms with E-state index in [4.69, 9.17) is 16.3 Å². The van der Waals surface area contributed by atoms with Crippen LogP contribution in [0.3, 0.4) is 0 Å². The minimum Gasteiger partial charge on any atom is -0.467 e. The Labute approximate surface area is 187 Å². The van der Waals surface area contributed by atoms with Crippen molar-refractivity contribution >= 4 is 28.3 Å². The van der Waals surface area contributed by atoms with E-state index in [-0.39, 0.29) is 16.7 Å². The van der Waals surface area contributed by atoms with Crippen molar-refractivity contribution < 1.29 is 13.5 Å². The minimum absolute atomic E-state index is 0.118. The van der Waals surface area contributed by atoms with Gasteiger partial charge in [-0.25, -0.2) is 13.8 Å². The fourth-order valence-electron chi connectivity index (χ4n) is 4.24. The summed E-state index contributed by atoms with van der Waals surface area (Å²) >= 11 is 5.71. The third kappa shape index (κ3) is 5.51. The van der Waals surface area contributed by atoms with Crippen molar-refractivity contribution in [2.24, 2.45) is 0 Å². The van der Waals surface area contributed by atoms with Gasteiger partial charge in [0, 0.05) is 45.0 Å². The van der Waals surface area contributed by atoms with Crippen molar-refractivity contribution in [2.45, 2.75) is 45.3 Å². The van der Waals surface area contributed by atoms with Crippen LogP contribution in [0.15, 0.2) is 6.20 Å². The summed E-state index contributed by atoms with van der Waals surface area (Å²) in [5.41, 5.74) is 0.130. The van der Waals surface area contributed by atoms with E-state index < -0.39 is 12.0 Å². The van der Waals surface area contributed by atoms with Gasteiger partial charge in [0.2, 0.25) is 0 Å². The zero-order valence-electron chi connectivity index (χ0n) is 18.4. The van der Waals surface area contributed by atoms with E-state index in [0.717, 1.165) is 39.1 Å². The van der Waals surface area contributed by atoms with Crippen LogP contribution >= 0.6 is 11.6 Å². The van der Waals surface area contributed by atoms with Crippen LogP contribution in [0.1, 0.15) is 33.1 Å². The average molecular weight is 457 g/mol. The van der Waals surface area contributed by atoms with Gasteiger partial charge in [-0.3, -0.25) is 4.90 Å². The first-order chi connectivity index (χ1) is 15.1. The second-order valence-electron chi connectivity index (χ2n) is 7.52. The summed E-state index contributed by atoms with van der Waals surface area (Å²) in [6.07, 6.45) is 4.31. The van der Waals surface area contributed by atoms with Crippen LogP contribution in [0.5, 0.6) is 6.01 Å². The number of methoxy groups -OCH3 is 1. The first-order valence-electron chi connectivity index (χ1n) is 11.0. The number of hydrogen-bond acceptors (Lipinski definition) is 7. The van der Waals surface area contributed by atoms with E-state index in [9.17, 15) is 8.78 Å². The van der Waals surface area contributed by atoms with Gasteiger partial charge < -0.3 is 15.0 Å². The van der Waals surface area contributed by atoms with Crippen LogP contribution < -0.4 is 15.0 Å². The van der Waals surface area contributed by atoms with Crippen molar-refractivity contribution in [3.05, 3.63) is 17.2 Å². The molecule has 1 N–H and O–H groups in total. The highest BCUT2D eigenvalue weighted by Crippen LogP contribution is 2.30. The summed E-state index contributed by atoms with van der Waals surface area (Å²) in [7, 11) is 1.45. The van der Waals surface area contributed by atoms with E-state index >= 15 is 0 Å². The minimum atomic E-state index is -0.652. The lowest BCUT2D eigenvalue weighted by Gasteiger charge is -2.29. The van der Waals surface area contributed by atoms with Crippen LogP contribution in [-0.4, -0.2) is 78.4 Å². The number of piperazine rings is 1. The molecule has 172 valence electrons. The van der Waals surface area contributed by atoms with Gasteiger partial charge in [-0.05, 0) is 25.8 Å². The molecule has 2 aromatic rings. The molecule has 5 heterocycles. The molecule has 7 nitrogen and oxygen atoms in total. The Morgan fingerprint density at radius 1 is 1.19 bits per heavy atom. The van der Waals surface area contributed by atoms with Crippen molar-refractivity contribution in [3.8, 4) is 6.01 Å². The van der Waals surface area contributed by atoms with Gasteiger partial charge in [0.1, 0.15) is 17.5 Å². The van der Waals surface area contributed by atoms with Crippen molar-refractivity contribution in [1.82, 2.24) is 25.2 Å². The molecular formula is C21H31ClF2N6O. The van der Waals surface area contributed by atoms with Gasteiger partial charge in [-0.2, -0.15) is 9.97 Å². The first-order valence-corrected chi connectivity index (χ1v) is 11.3. The maximum atomic E-state index is 14.1. The van der Waals surface area contributed by atoms with E-state index in [1.54, 1.807) is 0 Å². The molecular weight excluding hydrogens is 426 g/mol. The van der Waals surface area contributed by atoms with Crippen molar-refractivity contribution in [3.63, 3.8) is 0 Å². The molecule has 2 aromatic heterocycles. The molecule has 2 unspecified atom stereocenters. The zero-order chi connectivity index (χ0) is 22.4. The molecule has 0 aliphatic carbocycles. The van der Waals surface area contributed by atoms with Crippen LogP contribution in [-0.2, 0) is 0 Å². The van der Waals surface area contributed by atoms with E-state index in [1.165, 1.54) is 26.1 Å². The maximum absolute atomic E-state index is 14.1. The number of nitrogens with zero attached hydrogens (tertiary/aromatic N) is 5. The predicted molar refractivity (Wildman–Crippen MR) is 119 cm³/mol. The molecule has 0 amide bonds. The van der Waals surface area contributed by atoms with Crippen LogP contribution in [0, 0.1) is 5.82 Å². The highest BCUT2D eigenvalue weighted by Gasteiger charge is 2.34. The second kappa shape index (κ2) is 11.2. The maximum Gasteiger partial charge on any atom is 0.318 e. The molecule has 3 aliphatic rings. The molecule has 3 saturated heterocycles. The van der Waals surface area contributed by atoms with Gasteiger partial charge in [0.25, 0.3) is 0 Å². The lowest BCUT2D eigenvalue weighted by atomic mass is 10.1. The number of ether oxygens (including phenoxy) is 1. The highest BCUT2D eigenvalue weighted by molar-refractivity contribution is 6.30. The number of anilines is 1. The van der Waals surface area contributed by atoms with Crippen molar-refractivity contribution in [1.29, 1.82) is 0 Å². The zero-order valence-corrected chi connectivity index (χ0v) is 19.1.